The zero-order valence-electron chi connectivity index (χ0n) is 50.1. The van der Waals surface area contributed by atoms with E-state index >= 15 is 9.59 Å². The second-order valence-electron chi connectivity index (χ2n) is 33.4. The largest absolute Gasteiger partial charge is 0.509 e. The minimum absolute atomic E-state index is 0.0984. The predicted molar refractivity (Wildman–Crippen MR) is 317 cm³/mol. The Labute approximate surface area is 490 Å². The maximum absolute atomic E-state index is 17.1. The molecule has 8 spiro atoms. The molecule has 0 amide bonds. The average molecular weight is 1110 g/mol. The Morgan fingerprint density at radius 3 is 2.39 bits per heavy atom. The number of aliphatic hydroxyl groups excluding tert-OH is 1. The molecule has 8 heteroatoms. The smallest absolute Gasteiger partial charge is 0.339 e. The van der Waals surface area contributed by atoms with E-state index in [1.165, 1.54) is 179 Å². The maximum Gasteiger partial charge on any atom is 0.339 e. The summed E-state index contributed by atoms with van der Waals surface area (Å²) < 4.78 is 15.2. The zero-order chi connectivity index (χ0) is 54.5. The Kier molecular flexibility index (Phi) is 10.5. The number of rotatable bonds is 5. The van der Waals surface area contributed by atoms with Gasteiger partial charge in [0.15, 0.2) is 11.4 Å². The van der Waals surface area contributed by atoms with Gasteiger partial charge in [0.2, 0.25) is 0 Å². The topological polar surface area (TPSA) is 105 Å². The molecule has 12 aliphatic carbocycles. The first-order chi connectivity index (χ1) is 40.0. The van der Waals surface area contributed by atoms with Crippen molar-refractivity contribution >= 4 is 11.9 Å². The molecule has 82 heavy (non-hydrogen) atoms. The van der Waals surface area contributed by atoms with Crippen LogP contribution in [0.2, 0.25) is 0 Å². The summed E-state index contributed by atoms with van der Waals surface area (Å²) in [7, 11) is 0. The molecule has 14 bridgehead atoms. The van der Waals surface area contributed by atoms with Gasteiger partial charge >= 0.3 is 11.9 Å². The molecular weight excluding hydrogens is 1010 g/mol. The monoisotopic (exact) mass is 1110 g/mol. The van der Waals surface area contributed by atoms with Crippen LogP contribution in [0.15, 0.2) is 63.8 Å². The molecule has 8 nitrogen and oxygen atoms in total. The fourth-order valence-corrected chi connectivity index (χ4v) is 29.1. The van der Waals surface area contributed by atoms with Crippen LogP contribution in [0.4, 0.5) is 0 Å². The second kappa shape index (κ2) is 17.0. The number of benzene rings is 1. The molecular formula is C74H97N3O5. The van der Waals surface area contributed by atoms with E-state index in [0.29, 0.717) is 94.1 Å². The fraction of sp³-hybridized carbons (Fsp3) is 0.784. The van der Waals surface area contributed by atoms with Crippen LogP contribution in [0.5, 0.6) is 0 Å². The lowest BCUT2D eigenvalue weighted by Crippen LogP contribution is -2.78. The molecule has 0 radical (unpaired) electrons. The highest BCUT2D eigenvalue weighted by molar-refractivity contribution is 6.00. The van der Waals surface area contributed by atoms with Crippen LogP contribution in [0.1, 0.15) is 240 Å². The van der Waals surface area contributed by atoms with E-state index < -0.39 is 16.4 Å². The molecule has 22 rings (SSSR count). The number of esters is 2. The number of aliphatic hydroxyl groups is 1. The molecule has 3 saturated heterocycles. The quantitative estimate of drug-likeness (QED) is 0.222. The molecule has 8 saturated carbocycles. The van der Waals surface area contributed by atoms with E-state index in [1.807, 2.05) is 0 Å². The van der Waals surface area contributed by atoms with Gasteiger partial charge in [0.25, 0.3) is 0 Å². The Bertz CT molecular complexity index is 3100. The van der Waals surface area contributed by atoms with Gasteiger partial charge in [-0.1, -0.05) is 99.3 Å². The van der Waals surface area contributed by atoms with Crippen molar-refractivity contribution in [1.82, 2.24) is 9.80 Å². The number of carbonyl (C=O) groups excluding carboxylic acids is 2. The summed E-state index contributed by atoms with van der Waals surface area (Å²) in [6.45, 7) is 6.62. The highest BCUT2D eigenvalue weighted by Gasteiger charge is 2.94. The van der Waals surface area contributed by atoms with Crippen molar-refractivity contribution in [2.75, 3.05) is 26.2 Å². The Balaban J connectivity index is 0.867. The molecule has 11 fully saturated rings. The lowest BCUT2D eigenvalue weighted by molar-refractivity contribution is -0.284. The van der Waals surface area contributed by atoms with Crippen molar-refractivity contribution in [2.45, 2.75) is 243 Å². The molecule has 1 aromatic carbocycles. The molecule has 438 valence electrons. The summed E-state index contributed by atoms with van der Waals surface area (Å²) in [6.07, 6.45) is 44.6. The molecule has 17 unspecified atom stereocenters. The Morgan fingerprint density at radius 2 is 1.55 bits per heavy atom. The van der Waals surface area contributed by atoms with E-state index in [4.69, 9.17) is 15.2 Å². The number of nitrogens with two attached hydrogens (primary N) is 1. The first kappa shape index (κ1) is 50.8. The maximum atomic E-state index is 17.1. The number of hydrogen-bond donors (Lipinski definition) is 2. The van der Waals surface area contributed by atoms with E-state index in [1.54, 1.807) is 22.4 Å². The van der Waals surface area contributed by atoms with Gasteiger partial charge in [-0.2, -0.15) is 0 Å². The number of fused-ring (bicyclic) bond motifs is 5. The van der Waals surface area contributed by atoms with E-state index in [9.17, 15) is 5.11 Å². The number of ether oxygens (including phenoxy) is 2. The predicted octanol–water partition coefficient (Wildman–Crippen LogP) is 15.3. The van der Waals surface area contributed by atoms with Gasteiger partial charge in [-0.3, -0.25) is 9.69 Å². The van der Waals surface area contributed by atoms with Gasteiger partial charge in [0.05, 0.1) is 11.0 Å². The van der Waals surface area contributed by atoms with Crippen LogP contribution in [0.3, 0.4) is 0 Å². The second-order valence-corrected chi connectivity index (χ2v) is 33.4. The lowest BCUT2D eigenvalue weighted by Gasteiger charge is -2.74. The minimum atomic E-state index is -1.15. The van der Waals surface area contributed by atoms with Gasteiger partial charge in [-0.25, -0.2) is 4.79 Å². The third kappa shape index (κ3) is 5.81. The van der Waals surface area contributed by atoms with Crippen LogP contribution >= 0.6 is 0 Å². The lowest BCUT2D eigenvalue weighted by atomic mass is 9.26. The molecule has 1 aromatic rings. The molecule has 21 aliphatic rings. The van der Waals surface area contributed by atoms with Crippen molar-refractivity contribution in [1.29, 1.82) is 0 Å². The molecule has 3 N–H and O–H groups in total. The van der Waals surface area contributed by atoms with Crippen LogP contribution in [-0.4, -0.2) is 65.1 Å². The number of piperidine rings is 2. The van der Waals surface area contributed by atoms with E-state index in [0.717, 1.165) is 68.3 Å². The molecule has 17 atom stereocenters. The summed E-state index contributed by atoms with van der Waals surface area (Å²) in [6, 6.07) is 7.33. The van der Waals surface area contributed by atoms with Crippen LogP contribution in [0.25, 0.3) is 0 Å². The average Bonchev–Trinajstić information content (AvgIpc) is 1.28. The summed E-state index contributed by atoms with van der Waals surface area (Å²) in [4.78, 5) is 39.0. The first-order valence-electron chi connectivity index (χ1n) is 35.3. The minimum Gasteiger partial charge on any atom is -0.509 e. The summed E-state index contributed by atoms with van der Waals surface area (Å²) in [5, 5.41) is 14.3. The third-order valence-corrected chi connectivity index (χ3v) is 31.4. The van der Waals surface area contributed by atoms with Gasteiger partial charge in [0.1, 0.15) is 11.2 Å². The molecule has 9 aliphatic heterocycles. The summed E-state index contributed by atoms with van der Waals surface area (Å²) in [5.74, 6) is 3.83. The standard InChI is InChI=1S/C74H97N3O5/c1-44-32-48-16-17-56-51-33-45-41-76(43-51)57(52-38-69(25-6-7-26-69)71(39-52)28-11-27-68(71)23-4-5-24-68)36-58(78)64-72-30-19-53-61-54-40-70(44,62(53)63(48)77(56)42-45)29-18-47(54)34-50(49-13-9-22-67(37-49)20-2-3-21-67)35-59(73(61,72)66(80)81-64)74(72)55-15-8-12-46(14-10-31-75)60(55)65(79)82-74/h8,12,15,34,44-45,49-52,54,56-57,59,62,78H,2-7,9-11,13-14,16-33,35-43,75H2,1H3. The number of carbonyl (C=O) groups is 2. The van der Waals surface area contributed by atoms with Gasteiger partial charge in [-0.15, -0.1) is 0 Å². The molecule has 9 heterocycles. The van der Waals surface area contributed by atoms with Crippen molar-refractivity contribution in [3.05, 3.63) is 80.5 Å². The van der Waals surface area contributed by atoms with Crippen molar-refractivity contribution in [3.63, 3.8) is 0 Å². The highest BCUT2D eigenvalue weighted by atomic mass is 16.6. The van der Waals surface area contributed by atoms with Crippen molar-refractivity contribution in [3.8, 4) is 0 Å². The summed E-state index contributed by atoms with van der Waals surface area (Å²) in [5.41, 5.74) is 15.8. The zero-order valence-corrected chi connectivity index (χ0v) is 50.1. The fourth-order valence-electron chi connectivity index (χ4n) is 29.1. The van der Waals surface area contributed by atoms with E-state index in [2.05, 4.69) is 41.0 Å². The number of aryl methyl sites for hydroxylation is 1. The molecule has 0 aromatic heterocycles. The van der Waals surface area contributed by atoms with Crippen LogP contribution in [0, 0.1) is 91.2 Å². The normalized spacial score (nSPS) is 47.8. The number of hydrogen-bond acceptors (Lipinski definition) is 8. The summed E-state index contributed by atoms with van der Waals surface area (Å²) >= 11 is 0. The third-order valence-electron chi connectivity index (χ3n) is 31.4. The Hall–Kier alpha value is -3.36. The van der Waals surface area contributed by atoms with Crippen LogP contribution in [-0.2, 0) is 26.3 Å². The van der Waals surface area contributed by atoms with Gasteiger partial charge < -0.3 is 25.2 Å². The van der Waals surface area contributed by atoms with Crippen molar-refractivity contribution in [2.24, 2.45) is 96.9 Å². The number of nitrogens with zero attached hydrogens (tertiary/aromatic N) is 2. The SMILES string of the molecule is CC1CC2=C3C4C5=C6C7CC14CCC7=CC(C1CCCC4(CCCC4)C1)CC1C64C(=O)OC(=C(O)CC(C6CC7(CCCC7)C7(CCCC78CCCC8)C6)N6CC7CC(C6)C(CC2)N3C7)C4(CC5)C12OC(=O)c1c(CCCN)cccc12. The van der Waals surface area contributed by atoms with E-state index in [-0.39, 0.29) is 41.1 Å². The highest BCUT2D eigenvalue weighted by Crippen LogP contribution is 2.90. The first-order valence-corrected chi connectivity index (χ1v) is 35.3. The van der Waals surface area contributed by atoms with Crippen LogP contribution < -0.4 is 5.73 Å². The van der Waals surface area contributed by atoms with Crippen molar-refractivity contribution < 1.29 is 24.2 Å². The Morgan fingerprint density at radius 1 is 0.744 bits per heavy atom. The number of allylic oxidation sites excluding steroid dienone is 4. The van der Waals surface area contributed by atoms with Gasteiger partial charge in [0, 0.05) is 67.2 Å². The van der Waals surface area contributed by atoms with Gasteiger partial charge in [-0.05, 0) is 241 Å².